The summed E-state index contributed by atoms with van der Waals surface area (Å²) < 4.78 is 0.790. The van der Waals surface area contributed by atoms with E-state index in [9.17, 15) is 14.4 Å². The van der Waals surface area contributed by atoms with Gasteiger partial charge in [-0.05, 0) is 50.4 Å². The maximum absolute atomic E-state index is 13.0. The molecule has 152 valence electrons. The molecule has 1 fully saturated rings. The average Bonchev–Trinajstić information content (AvgIpc) is 2.75. The Morgan fingerprint density at radius 3 is 2.79 bits per heavy atom. The summed E-state index contributed by atoms with van der Waals surface area (Å²) in [6.07, 6.45) is 1.78. The Labute approximate surface area is 173 Å². The fourth-order valence-electron chi connectivity index (χ4n) is 3.89. The molecular formula is C20H27BrN4O3. The third kappa shape index (κ3) is 4.38. The lowest BCUT2D eigenvalue weighted by molar-refractivity contribution is -0.126. The van der Waals surface area contributed by atoms with Gasteiger partial charge in [0.05, 0.1) is 17.3 Å². The number of likely N-dealkylation sites (N-methyl/N-ethyl adjacent to an activating group) is 1. The number of amides is 3. The predicted octanol–water partition coefficient (Wildman–Crippen LogP) is 2.12. The van der Waals surface area contributed by atoms with Crippen LogP contribution >= 0.6 is 15.9 Å². The van der Waals surface area contributed by atoms with Crippen molar-refractivity contribution in [2.45, 2.75) is 51.2 Å². The summed E-state index contributed by atoms with van der Waals surface area (Å²) in [7, 11) is 1.78. The molecule has 7 nitrogen and oxygen atoms in total. The molecule has 28 heavy (non-hydrogen) atoms. The zero-order valence-electron chi connectivity index (χ0n) is 16.4. The number of halogens is 1. The first kappa shape index (κ1) is 20.8. The Bertz CT molecular complexity index is 783. The second-order valence-electron chi connectivity index (χ2n) is 7.89. The van der Waals surface area contributed by atoms with E-state index in [-0.39, 0.29) is 29.8 Å². The van der Waals surface area contributed by atoms with Crippen LogP contribution in [-0.2, 0) is 9.59 Å². The van der Waals surface area contributed by atoms with Gasteiger partial charge >= 0.3 is 0 Å². The van der Waals surface area contributed by atoms with Gasteiger partial charge in [0.15, 0.2) is 0 Å². The van der Waals surface area contributed by atoms with Crippen LogP contribution in [0.15, 0.2) is 22.7 Å². The van der Waals surface area contributed by atoms with Crippen LogP contribution in [0.5, 0.6) is 0 Å². The normalized spacial score (nSPS) is 22.8. The van der Waals surface area contributed by atoms with E-state index in [4.69, 9.17) is 0 Å². The largest absolute Gasteiger partial charge is 0.352 e. The predicted molar refractivity (Wildman–Crippen MR) is 111 cm³/mol. The molecule has 2 aliphatic heterocycles. The molecule has 0 unspecified atom stereocenters. The van der Waals surface area contributed by atoms with E-state index in [1.54, 1.807) is 30.1 Å². The fraction of sp³-hybridized carbons (Fsp3) is 0.550. The summed E-state index contributed by atoms with van der Waals surface area (Å²) in [5.74, 6) is -0.0200. The molecule has 0 aliphatic carbocycles. The van der Waals surface area contributed by atoms with Gasteiger partial charge in [0, 0.05) is 17.1 Å². The highest BCUT2D eigenvalue weighted by Crippen LogP contribution is 2.30. The van der Waals surface area contributed by atoms with Crippen molar-refractivity contribution in [2.75, 3.05) is 18.9 Å². The van der Waals surface area contributed by atoms with Gasteiger partial charge in [-0.1, -0.05) is 29.8 Å². The van der Waals surface area contributed by atoms with Crippen LogP contribution in [-0.4, -0.2) is 54.3 Å². The van der Waals surface area contributed by atoms with E-state index in [0.29, 0.717) is 36.6 Å². The summed E-state index contributed by atoms with van der Waals surface area (Å²) >= 11 is 3.38. The third-order valence-electron chi connectivity index (χ3n) is 5.35. The van der Waals surface area contributed by atoms with E-state index in [0.717, 1.165) is 10.9 Å². The molecule has 3 rings (SSSR count). The van der Waals surface area contributed by atoms with Crippen molar-refractivity contribution >= 4 is 39.3 Å². The Balaban J connectivity index is 1.72. The molecule has 3 N–H and O–H groups in total. The minimum absolute atomic E-state index is 0.0535. The fourth-order valence-corrected chi connectivity index (χ4v) is 4.25. The summed E-state index contributed by atoms with van der Waals surface area (Å²) in [6.45, 7) is 4.59. The first-order chi connectivity index (χ1) is 13.3. The number of anilines is 1. The quantitative estimate of drug-likeness (QED) is 0.640. The maximum Gasteiger partial charge on any atom is 0.256 e. The molecule has 8 heteroatoms. The highest BCUT2D eigenvalue weighted by Gasteiger charge is 2.40. The summed E-state index contributed by atoms with van der Waals surface area (Å²) in [4.78, 5) is 40.0. The number of nitrogens with one attached hydrogen (secondary N) is 3. The number of hydrogen-bond acceptors (Lipinski definition) is 4. The van der Waals surface area contributed by atoms with Gasteiger partial charge in [-0.25, -0.2) is 0 Å². The summed E-state index contributed by atoms with van der Waals surface area (Å²) in [5.41, 5.74) is 1.01. The first-order valence-electron chi connectivity index (χ1n) is 9.69. The van der Waals surface area contributed by atoms with E-state index in [1.165, 1.54) is 0 Å². The molecule has 0 aromatic heterocycles. The lowest BCUT2D eigenvalue weighted by Gasteiger charge is -2.37. The van der Waals surface area contributed by atoms with Gasteiger partial charge in [0.1, 0.15) is 6.04 Å². The molecular weight excluding hydrogens is 424 g/mol. The molecule has 1 saturated heterocycles. The van der Waals surface area contributed by atoms with Gasteiger partial charge in [-0.15, -0.1) is 0 Å². The van der Waals surface area contributed by atoms with Gasteiger partial charge in [0.25, 0.3) is 5.91 Å². The monoisotopic (exact) mass is 450 g/mol. The van der Waals surface area contributed by atoms with E-state index in [1.807, 2.05) is 0 Å². The van der Waals surface area contributed by atoms with Crippen LogP contribution < -0.4 is 16.0 Å². The van der Waals surface area contributed by atoms with Crippen molar-refractivity contribution in [3.05, 3.63) is 28.2 Å². The molecule has 0 bridgehead atoms. The molecule has 0 radical (unpaired) electrons. The van der Waals surface area contributed by atoms with E-state index in [2.05, 4.69) is 45.7 Å². The van der Waals surface area contributed by atoms with E-state index >= 15 is 0 Å². The zero-order chi connectivity index (χ0) is 20.4. The van der Waals surface area contributed by atoms with Gasteiger partial charge < -0.3 is 20.9 Å². The summed E-state index contributed by atoms with van der Waals surface area (Å²) in [5, 5.41) is 9.00. The molecule has 3 amide bonds. The van der Waals surface area contributed by atoms with Crippen molar-refractivity contribution in [1.29, 1.82) is 0 Å². The van der Waals surface area contributed by atoms with Crippen molar-refractivity contribution in [1.82, 2.24) is 15.5 Å². The Morgan fingerprint density at radius 1 is 1.36 bits per heavy atom. The van der Waals surface area contributed by atoms with Crippen LogP contribution in [0.3, 0.4) is 0 Å². The Morgan fingerprint density at radius 2 is 2.11 bits per heavy atom. The Kier molecular flexibility index (Phi) is 6.40. The maximum atomic E-state index is 13.0. The smallest absolute Gasteiger partial charge is 0.256 e. The molecule has 3 atom stereocenters. The molecule has 2 aliphatic rings. The van der Waals surface area contributed by atoms with Crippen LogP contribution in [0.1, 0.15) is 43.5 Å². The molecule has 0 saturated carbocycles. The lowest BCUT2D eigenvalue weighted by atomic mass is 9.95. The first-order valence-corrected chi connectivity index (χ1v) is 10.5. The number of piperidine rings is 1. The highest BCUT2D eigenvalue weighted by molar-refractivity contribution is 9.10. The van der Waals surface area contributed by atoms with Crippen LogP contribution in [0.2, 0.25) is 0 Å². The van der Waals surface area contributed by atoms with Crippen LogP contribution in [0.25, 0.3) is 0 Å². The Hall–Kier alpha value is -1.93. The van der Waals surface area contributed by atoms with Crippen molar-refractivity contribution in [2.24, 2.45) is 5.92 Å². The molecule has 0 spiro atoms. The van der Waals surface area contributed by atoms with Crippen molar-refractivity contribution < 1.29 is 14.4 Å². The van der Waals surface area contributed by atoms with Crippen molar-refractivity contribution in [3.63, 3.8) is 0 Å². The minimum atomic E-state index is -0.587. The van der Waals surface area contributed by atoms with E-state index < -0.39 is 6.04 Å². The standard InChI is InChI=1S/C20H27BrN4O3/c1-11(2)8-16(22-3)18(26)23-13-6-7-25-17(10-13)19(27)24-15-5-4-12(21)9-14(15)20(25)28/h4-5,9,11,13,16-17,22H,6-8,10H2,1-3H3,(H,23,26)(H,24,27)/t13-,16+,17+/m1/s1. The number of hydrogen-bond donors (Lipinski definition) is 3. The number of carbonyl (C=O) groups excluding carboxylic acids is 3. The SMILES string of the molecule is CN[C@@H](CC(C)C)C(=O)N[C@@H]1CCN2C(=O)c3cc(Br)ccc3NC(=O)[C@@H]2C1. The molecule has 1 aromatic carbocycles. The molecule has 1 aromatic rings. The average molecular weight is 451 g/mol. The summed E-state index contributed by atoms with van der Waals surface area (Å²) in [6, 6.07) is 4.28. The second-order valence-corrected chi connectivity index (χ2v) is 8.81. The van der Waals surface area contributed by atoms with Gasteiger partial charge in [-0.2, -0.15) is 0 Å². The second kappa shape index (κ2) is 8.61. The molecule has 2 heterocycles. The zero-order valence-corrected chi connectivity index (χ0v) is 18.0. The van der Waals surface area contributed by atoms with Gasteiger partial charge in [-0.3, -0.25) is 14.4 Å². The number of carbonyl (C=O) groups is 3. The van der Waals surface area contributed by atoms with Crippen molar-refractivity contribution in [3.8, 4) is 0 Å². The van der Waals surface area contributed by atoms with Crippen LogP contribution in [0.4, 0.5) is 5.69 Å². The highest BCUT2D eigenvalue weighted by atomic mass is 79.9. The topological polar surface area (TPSA) is 90.5 Å². The lowest BCUT2D eigenvalue weighted by Crippen LogP contribution is -2.56. The number of fused-ring (bicyclic) bond motifs is 2. The number of rotatable bonds is 5. The number of benzene rings is 1. The van der Waals surface area contributed by atoms with Gasteiger partial charge in [0.2, 0.25) is 11.8 Å². The third-order valence-corrected chi connectivity index (χ3v) is 5.85. The van der Waals surface area contributed by atoms with Crippen LogP contribution in [0, 0.1) is 5.92 Å². The minimum Gasteiger partial charge on any atom is -0.352 e. The number of nitrogens with zero attached hydrogens (tertiary/aromatic N) is 1.